The standard InChI is InChI=1S/C19H19N3OS2/c1-11-3-6-13(7-4-11)17(23)21-19(24)22-18-15(10-20)14-8-5-12(2)9-16(14)25-18/h3-4,6-7,12H,5,8-9H2,1-2H3,(H2,21,22,23,24)/t12-/m0/s1. The summed E-state index contributed by atoms with van der Waals surface area (Å²) in [6, 6.07) is 9.58. The van der Waals surface area contributed by atoms with Gasteiger partial charge < -0.3 is 5.32 Å². The van der Waals surface area contributed by atoms with Crippen LogP contribution in [0.4, 0.5) is 5.00 Å². The lowest BCUT2D eigenvalue weighted by atomic mass is 9.89. The monoisotopic (exact) mass is 369 g/mol. The maximum Gasteiger partial charge on any atom is 0.257 e. The van der Waals surface area contributed by atoms with E-state index in [1.165, 1.54) is 4.88 Å². The molecule has 128 valence electrons. The lowest BCUT2D eigenvalue weighted by Crippen LogP contribution is -2.34. The Kier molecular flexibility index (Phi) is 5.16. The van der Waals surface area contributed by atoms with E-state index in [9.17, 15) is 10.1 Å². The number of hydrogen-bond acceptors (Lipinski definition) is 4. The van der Waals surface area contributed by atoms with Crippen LogP contribution in [0.2, 0.25) is 0 Å². The zero-order chi connectivity index (χ0) is 18.0. The van der Waals surface area contributed by atoms with Gasteiger partial charge in [-0.2, -0.15) is 5.26 Å². The van der Waals surface area contributed by atoms with Gasteiger partial charge in [-0.1, -0.05) is 24.6 Å². The molecule has 1 atom stereocenters. The molecular weight excluding hydrogens is 350 g/mol. The molecule has 1 amide bonds. The quantitative estimate of drug-likeness (QED) is 0.780. The number of nitrogens with one attached hydrogen (secondary N) is 2. The summed E-state index contributed by atoms with van der Waals surface area (Å²) < 4.78 is 0. The Bertz CT molecular complexity index is 862. The number of fused-ring (bicyclic) bond motifs is 1. The Hall–Kier alpha value is -2.23. The van der Waals surface area contributed by atoms with Crippen LogP contribution in [0.15, 0.2) is 24.3 Å². The normalized spacial score (nSPS) is 15.8. The van der Waals surface area contributed by atoms with Crippen molar-refractivity contribution < 1.29 is 4.79 Å². The van der Waals surface area contributed by atoms with Gasteiger partial charge in [0, 0.05) is 10.4 Å². The minimum atomic E-state index is -0.258. The molecule has 0 spiro atoms. The molecular formula is C19H19N3OS2. The van der Waals surface area contributed by atoms with Gasteiger partial charge in [-0.25, -0.2) is 0 Å². The Balaban J connectivity index is 1.72. The molecule has 4 nitrogen and oxygen atoms in total. The first-order valence-corrected chi connectivity index (χ1v) is 9.44. The van der Waals surface area contributed by atoms with E-state index in [-0.39, 0.29) is 11.0 Å². The predicted molar refractivity (Wildman–Crippen MR) is 105 cm³/mol. The van der Waals surface area contributed by atoms with Crippen molar-refractivity contribution in [1.82, 2.24) is 5.32 Å². The van der Waals surface area contributed by atoms with E-state index >= 15 is 0 Å². The molecule has 0 fully saturated rings. The van der Waals surface area contributed by atoms with Gasteiger partial charge in [0.15, 0.2) is 5.11 Å². The second-order valence-corrected chi connectivity index (χ2v) is 7.96. The third kappa shape index (κ3) is 3.89. The van der Waals surface area contributed by atoms with E-state index in [2.05, 4.69) is 23.6 Å². The van der Waals surface area contributed by atoms with E-state index < -0.39 is 0 Å². The number of thiophene rings is 1. The van der Waals surface area contributed by atoms with Gasteiger partial charge in [0.05, 0.1) is 5.56 Å². The lowest BCUT2D eigenvalue weighted by Gasteiger charge is -2.17. The fourth-order valence-corrected chi connectivity index (χ4v) is 4.60. The summed E-state index contributed by atoms with van der Waals surface area (Å²) in [6.07, 6.45) is 3.03. The lowest BCUT2D eigenvalue weighted by molar-refractivity contribution is 0.0977. The van der Waals surface area contributed by atoms with Gasteiger partial charge in [-0.3, -0.25) is 10.1 Å². The fraction of sp³-hybridized carbons (Fsp3) is 0.316. The highest BCUT2D eigenvalue weighted by atomic mass is 32.1. The topological polar surface area (TPSA) is 64.9 Å². The molecule has 6 heteroatoms. The van der Waals surface area contributed by atoms with Crippen LogP contribution >= 0.6 is 23.6 Å². The number of rotatable bonds is 2. The number of hydrogen-bond donors (Lipinski definition) is 2. The second kappa shape index (κ2) is 7.34. The number of nitriles is 1. The molecule has 0 unspecified atom stereocenters. The molecule has 3 rings (SSSR count). The van der Waals surface area contributed by atoms with Crippen molar-refractivity contribution >= 4 is 39.6 Å². The molecule has 0 saturated carbocycles. The van der Waals surface area contributed by atoms with Crippen LogP contribution in [0.5, 0.6) is 0 Å². The molecule has 0 aliphatic heterocycles. The molecule has 1 aliphatic carbocycles. The van der Waals surface area contributed by atoms with Crippen molar-refractivity contribution in [3.05, 3.63) is 51.4 Å². The first-order valence-electron chi connectivity index (χ1n) is 8.21. The van der Waals surface area contributed by atoms with Crippen LogP contribution in [-0.4, -0.2) is 11.0 Å². The molecule has 25 heavy (non-hydrogen) atoms. The van der Waals surface area contributed by atoms with Crippen LogP contribution in [0, 0.1) is 24.2 Å². The molecule has 2 aromatic rings. The number of anilines is 1. The first kappa shape index (κ1) is 17.6. The third-order valence-corrected chi connectivity index (χ3v) is 5.77. The first-order chi connectivity index (χ1) is 12.0. The Morgan fingerprint density at radius 2 is 2.08 bits per heavy atom. The number of carbonyl (C=O) groups excluding carboxylic acids is 1. The summed E-state index contributed by atoms with van der Waals surface area (Å²) in [6.45, 7) is 4.20. The van der Waals surface area contributed by atoms with Crippen molar-refractivity contribution in [1.29, 1.82) is 5.26 Å². The summed E-state index contributed by atoms with van der Waals surface area (Å²) >= 11 is 6.83. The Labute approximate surface area is 156 Å². The fourth-order valence-electron chi connectivity index (χ4n) is 2.97. The number of aryl methyl sites for hydroxylation is 1. The van der Waals surface area contributed by atoms with Gasteiger partial charge in [0.1, 0.15) is 11.1 Å². The van der Waals surface area contributed by atoms with E-state index in [1.807, 2.05) is 19.1 Å². The summed E-state index contributed by atoms with van der Waals surface area (Å²) in [5, 5.41) is 16.2. The molecule has 1 aromatic carbocycles. The summed E-state index contributed by atoms with van der Waals surface area (Å²) in [7, 11) is 0. The maximum absolute atomic E-state index is 12.2. The number of carbonyl (C=O) groups is 1. The average Bonchev–Trinajstić information content (AvgIpc) is 2.90. The van der Waals surface area contributed by atoms with Crippen LogP contribution in [0.1, 0.15) is 45.3 Å². The highest BCUT2D eigenvalue weighted by Gasteiger charge is 2.24. The number of amides is 1. The van der Waals surface area contributed by atoms with Crippen LogP contribution < -0.4 is 10.6 Å². The average molecular weight is 370 g/mol. The summed E-state index contributed by atoms with van der Waals surface area (Å²) in [5.41, 5.74) is 3.45. The SMILES string of the molecule is Cc1ccc(C(=O)NC(=S)Nc2sc3c(c2C#N)CC[C@H](C)C3)cc1. The van der Waals surface area contributed by atoms with Crippen molar-refractivity contribution in [2.75, 3.05) is 5.32 Å². The minimum absolute atomic E-state index is 0.216. The van der Waals surface area contributed by atoms with Gasteiger partial charge >= 0.3 is 0 Å². The molecule has 0 radical (unpaired) electrons. The summed E-state index contributed by atoms with van der Waals surface area (Å²) in [5.74, 6) is 0.379. The van der Waals surface area contributed by atoms with Crippen LogP contribution in [0.3, 0.4) is 0 Å². The van der Waals surface area contributed by atoms with Gasteiger partial charge in [-0.05, 0) is 62.0 Å². The van der Waals surface area contributed by atoms with E-state index in [0.717, 1.165) is 35.4 Å². The third-order valence-electron chi connectivity index (χ3n) is 4.39. The van der Waals surface area contributed by atoms with Crippen molar-refractivity contribution in [2.45, 2.75) is 33.1 Å². The van der Waals surface area contributed by atoms with E-state index in [0.29, 0.717) is 17.0 Å². The van der Waals surface area contributed by atoms with Crippen molar-refractivity contribution in [3.63, 3.8) is 0 Å². The minimum Gasteiger partial charge on any atom is -0.323 e. The predicted octanol–water partition coefficient (Wildman–Crippen LogP) is 4.18. The maximum atomic E-state index is 12.2. The van der Waals surface area contributed by atoms with Gasteiger partial charge in [-0.15, -0.1) is 11.3 Å². The second-order valence-electron chi connectivity index (χ2n) is 6.44. The van der Waals surface area contributed by atoms with Crippen molar-refractivity contribution in [3.8, 4) is 6.07 Å². The number of nitrogens with zero attached hydrogens (tertiary/aromatic N) is 1. The zero-order valence-corrected chi connectivity index (χ0v) is 15.8. The van der Waals surface area contributed by atoms with Crippen molar-refractivity contribution in [2.24, 2.45) is 5.92 Å². The molecule has 1 heterocycles. The highest BCUT2D eigenvalue weighted by Crippen LogP contribution is 2.39. The largest absolute Gasteiger partial charge is 0.323 e. The highest BCUT2D eigenvalue weighted by molar-refractivity contribution is 7.80. The molecule has 1 aliphatic rings. The molecule has 2 N–H and O–H groups in total. The molecule has 0 saturated heterocycles. The number of thiocarbonyl (C=S) groups is 1. The zero-order valence-electron chi connectivity index (χ0n) is 14.2. The van der Waals surface area contributed by atoms with Crippen LogP contribution in [-0.2, 0) is 12.8 Å². The molecule has 1 aromatic heterocycles. The van der Waals surface area contributed by atoms with E-state index in [4.69, 9.17) is 12.2 Å². The number of benzene rings is 1. The van der Waals surface area contributed by atoms with Gasteiger partial charge in [0.25, 0.3) is 5.91 Å². The van der Waals surface area contributed by atoms with E-state index in [1.54, 1.807) is 23.5 Å². The Morgan fingerprint density at radius 3 is 2.76 bits per heavy atom. The van der Waals surface area contributed by atoms with Crippen LogP contribution in [0.25, 0.3) is 0 Å². The smallest absolute Gasteiger partial charge is 0.257 e. The Morgan fingerprint density at radius 1 is 1.36 bits per heavy atom. The molecule has 0 bridgehead atoms. The summed E-state index contributed by atoms with van der Waals surface area (Å²) in [4.78, 5) is 13.5. The van der Waals surface area contributed by atoms with Gasteiger partial charge in [0.2, 0.25) is 0 Å².